The molecule has 0 aliphatic heterocycles. The van der Waals surface area contributed by atoms with Crippen LogP contribution >= 0.6 is 22.6 Å². The van der Waals surface area contributed by atoms with E-state index in [1.54, 1.807) is 12.4 Å². The van der Waals surface area contributed by atoms with E-state index in [-0.39, 0.29) is 0 Å². The summed E-state index contributed by atoms with van der Waals surface area (Å²) < 4.78 is 1.04. The minimum absolute atomic E-state index is 0.305. The molecule has 2 unspecified atom stereocenters. The highest BCUT2D eigenvalue weighted by Gasteiger charge is 2.26. The number of hydrogen-bond acceptors (Lipinski definition) is 4. The maximum atomic E-state index is 9.21. The van der Waals surface area contributed by atoms with Crippen molar-refractivity contribution in [2.24, 2.45) is 11.8 Å². The van der Waals surface area contributed by atoms with E-state index in [0.717, 1.165) is 16.5 Å². The van der Waals surface area contributed by atoms with Crippen molar-refractivity contribution in [3.8, 4) is 0 Å². The standard InChI is InChI=1S/C11H16IN3O/c12-10-5-14-11(15-6-10)13-4-8-2-1-3-9(8)7-16/h5-6,8-9,16H,1-4,7H2,(H,13,14,15). The van der Waals surface area contributed by atoms with Crippen LogP contribution in [0.1, 0.15) is 19.3 Å². The van der Waals surface area contributed by atoms with Crippen LogP contribution < -0.4 is 5.32 Å². The van der Waals surface area contributed by atoms with E-state index in [1.165, 1.54) is 12.8 Å². The summed E-state index contributed by atoms with van der Waals surface area (Å²) in [5.41, 5.74) is 0. The highest BCUT2D eigenvalue weighted by molar-refractivity contribution is 14.1. The molecule has 1 saturated carbocycles. The molecule has 1 aliphatic rings. The first-order valence-corrected chi connectivity index (χ1v) is 6.69. The van der Waals surface area contributed by atoms with Gasteiger partial charge in [-0.05, 0) is 47.3 Å². The Morgan fingerprint density at radius 2 is 2.00 bits per heavy atom. The molecule has 1 aromatic heterocycles. The van der Waals surface area contributed by atoms with Crippen LogP contribution in [0.4, 0.5) is 5.95 Å². The summed E-state index contributed by atoms with van der Waals surface area (Å²) in [6, 6.07) is 0. The lowest BCUT2D eigenvalue weighted by Crippen LogP contribution is -2.21. The lowest BCUT2D eigenvalue weighted by Gasteiger charge is -2.17. The fourth-order valence-electron chi connectivity index (χ4n) is 2.25. The second-order valence-corrected chi connectivity index (χ2v) is 5.49. The van der Waals surface area contributed by atoms with Gasteiger partial charge < -0.3 is 10.4 Å². The zero-order chi connectivity index (χ0) is 11.4. The van der Waals surface area contributed by atoms with E-state index < -0.39 is 0 Å². The summed E-state index contributed by atoms with van der Waals surface area (Å²) in [5.74, 6) is 1.70. The third-order valence-corrected chi connectivity index (χ3v) is 3.75. The summed E-state index contributed by atoms with van der Waals surface area (Å²) in [4.78, 5) is 8.40. The molecule has 0 saturated heterocycles. The smallest absolute Gasteiger partial charge is 0.222 e. The van der Waals surface area contributed by atoms with Gasteiger partial charge in [0.1, 0.15) is 0 Å². The second-order valence-electron chi connectivity index (χ2n) is 4.24. The van der Waals surface area contributed by atoms with Crippen molar-refractivity contribution in [3.05, 3.63) is 16.0 Å². The maximum absolute atomic E-state index is 9.21. The van der Waals surface area contributed by atoms with Crippen LogP contribution in [0.2, 0.25) is 0 Å². The summed E-state index contributed by atoms with van der Waals surface area (Å²) in [7, 11) is 0. The molecule has 1 aliphatic carbocycles. The van der Waals surface area contributed by atoms with Crippen LogP contribution in [-0.2, 0) is 0 Å². The van der Waals surface area contributed by atoms with Crippen LogP contribution in [0.25, 0.3) is 0 Å². The van der Waals surface area contributed by atoms with Crippen molar-refractivity contribution >= 4 is 28.5 Å². The third kappa shape index (κ3) is 3.04. The minimum atomic E-state index is 0.305. The summed E-state index contributed by atoms with van der Waals surface area (Å²) in [5, 5.41) is 12.5. The maximum Gasteiger partial charge on any atom is 0.222 e. The Hall–Kier alpha value is -0.430. The molecule has 88 valence electrons. The van der Waals surface area contributed by atoms with E-state index in [2.05, 4.69) is 37.9 Å². The molecule has 1 fully saturated rings. The zero-order valence-electron chi connectivity index (χ0n) is 9.06. The quantitative estimate of drug-likeness (QED) is 0.827. The minimum Gasteiger partial charge on any atom is -0.396 e. The molecule has 0 bridgehead atoms. The molecule has 0 radical (unpaired) electrons. The molecule has 4 nitrogen and oxygen atoms in total. The van der Waals surface area contributed by atoms with Gasteiger partial charge in [-0.15, -0.1) is 0 Å². The number of hydrogen-bond donors (Lipinski definition) is 2. The van der Waals surface area contributed by atoms with Crippen LogP contribution in [-0.4, -0.2) is 28.2 Å². The largest absolute Gasteiger partial charge is 0.396 e. The fourth-order valence-corrected chi connectivity index (χ4v) is 2.53. The Balaban J connectivity index is 1.85. The Morgan fingerprint density at radius 3 is 2.69 bits per heavy atom. The van der Waals surface area contributed by atoms with Gasteiger partial charge in [0.25, 0.3) is 0 Å². The predicted molar refractivity (Wildman–Crippen MR) is 71.2 cm³/mol. The van der Waals surface area contributed by atoms with Crippen molar-refractivity contribution in [3.63, 3.8) is 0 Å². The number of aliphatic hydroxyl groups excluding tert-OH is 1. The van der Waals surface area contributed by atoms with Gasteiger partial charge in [0.2, 0.25) is 5.95 Å². The molecule has 2 N–H and O–H groups in total. The average molecular weight is 333 g/mol. The number of nitrogens with one attached hydrogen (secondary N) is 1. The van der Waals surface area contributed by atoms with Crippen molar-refractivity contribution in [1.29, 1.82) is 0 Å². The SMILES string of the molecule is OCC1CCCC1CNc1ncc(I)cn1. The number of halogens is 1. The molecular weight excluding hydrogens is 317 g/mol. The van der Waals surface area contributed by atoms with Gasteiger partial charge in [-0.1, -0.05) is 6.42 Å². The Labute approximate surface area is 109 Å². The Morgan fingerprint density at radius 1 is 1.31 bits per heavy atom. The molecule has 5 heteroatoms. The van der Waals surface area contributed by atoms with E-state index in [1.807, 2.05) is 0 Å². The normalized spacial score (nSPS) is 24.6. The lowest BCUT2D eigenvalue weighted by atomic mass is 9.97. The van der Waals surface area contributed by atoms with Crippen molar-refractivity contribution in [2.75, 3.05) is 18.5 Å². The van der Waals surface area contributed by atoms with Gasteiger partial charge in [-0.2, -0.15) is 0 Å². The van der Waals surface area contributed by atoms with Gasteiger partial charge in [0.05, 0.1) is 0 Å². The number of rotatable bonds is 4. The average Bonchev–Trinajstić information content (AvgIpc) is 2.76. The van der Waals surface area contributed by atoms with E-state index in [0.29, 0.717) is 24.4 Å². The Kier molecular flexibility index (Phi) is 4.34. The van der Waals surface area contributed by atoms with Gasteiger partial charge in [-0.25, -0.2) is 9.97 Å². The predicted octanol–water partition coefficient (Wildman–Crippen LogP) is 1.90. The van der Waals surface area contributed by atoms with Crippen LogP contribution in [0.3, 0.4) is 0 Å². The van der Waals surface area contributed by atoms with Gasteiger partial charge in [-0.3, -0.25) is 0 Å². The van der Waals surface area contributed by atoms with E-state index in [4.69, 9.17) is 0 Å². The molecule has 1 aromatic rings. The highest BCUT2D eigenvalue weighted by Crippen LogP contribution is 2.31. The number of nitrogens with zero attached hydrogens (tertiary/aromatic N) is 2. The van der Waals surface area contributed by atoms with Gasteiger partial charge in [0, 0.05) is 29.1 Å². The molecule has 16 heavy (non-hydrogen) atoms. The number of aliphatic hydroxyl groups is 1. The molecular formula is C11H16IN3O. The molecule has 1 heterocycles. The first-order valence-electron chi connectivity index (χ1n) is 5.62. The first kappa shape index (κ1) is 12.0. The van der Waals surface area contributed by atoms with Gasteiger partial charge in [0.15, 0.2) is 0 Å². The Bertz CT molecular complexity index is 331. The molecule has 0 spiro atoms. The first-order chi connectivity index (χ1) is 7.79. The number of anilines is 1. The fraction of sp³-hybridized carbons (Fsp3) is 0.636. The summed E-state index contributed by atoms with van der Waals surface area (Å²) >= 11 is 2.19. The van der Waals surface area contributed by atoms with Crippen LogP contribution in [0.15, 0.2) is 12.4 Å². The summed E-state index contributed by atoms with van der Waals surface area (Å²) in [6.07, 6.45) is 7.17. The van der Waals surface area contributed by atoms with Crippen LogP contribution in [0, 0.1) is 15.4 Å². The van der Waals surface area contributed by atoms with Crippen molar-refractivity contribution in [1.82, 2.24) is 9.97 Å². The third-order valence-electron chi connectivity index (χ3n) is 3.19. The second kappa shape index (κ2) is 5.77. The zero-order valence-corrected chi connectivity index (χ0v) is 11.2. The topological polar surface area (TPSA) is 58.0 Å². The molecule has 0 aromatic carbocycles. The number of aromatic nitrogens is 2. The van der Waals surface area contributed by atoms with E-state index in [9.17, 15) is 5.11 Å². The molecule has 2 rings (SSSR count). The van der Waals surface area contributed by atoms with Gasteiger partial charge >= 0.3 is 0 Å². The molecule has 2 atom stereocenters. The van der Waals surface area contributed by atoms with Crippen molar-refractivity contribution in [2.45, 2.75) is 19.3 Å². The summed E-state index contributed by atoms with van der Waals surface area (Å²) in [6.45, 7) is 1.17. The molecule has 0 amide bonds. The lowest BCUT2D eigenvalue weighted by molar-refractivity contribution is 0.199. The van der Waals surface area contributed by atoms with Crippen LogP contribution in [0.5, 0.6) is 0 Å². The monoisotopic (exact) mass is 333 g/mol. The van der Waals surface area contributed by atoms with E-state index >= 15 is 0 Å². The van der Waals surface area contributed by atoms with Crippen molar-refractivity contribution < 1.29 is 5.11 Å². The highest BCUT2D eigenvalue weighted by atomic mass is 127.